The molecule has 0 radical (unpaired) electrons. The maximum atomic E-state index is 13.7. The van der Waals surface area contributed by atoms with Gasteiger partial charge in [0.15, 0.2) is 13.2 Å². The Labute approximate surface area is 318 Å². The minimum atomic E-state index is -0.993. The van der Waals surface area contributed by atoms with Gasteiger partial charge in [-0.05, 0) is 79.1 Å². The predicted molar refractivity (Wildman–Crippen MR) is 196 cm³/mol. The van der Waals surface area contributed by atoms with Crippen LogP contribution in [-0.2, 0) is 30.3 Å². The Morgan fingerprint density at radius 2 is 1.67 bits per heavy atom. The second kappa shape index (κ2) is 18.4. The van der Waals surface area contributed by atoms with Crippen LogP contribution in [0, 0.1) is 0 Å². The standard InChI is InChI=1S/C39H44N6O8.ClH/c1-50-36(47)23-53-29-13-14-31-30(20-29)26(21-42-31)19-33(39(49)51-2)44-38(48)25-10-15-34-32(18-25)43-37(45(34)27-6-4-3-5-7-27)24-8-11-28(12-9-24)52-22-35(46)41-17-16-40;/h8-15,18,20-21,27,33,42H,3-7,16-17,19,22-23,40H2,1-2H3,(H,41,46)(H,44,48);1H/t33-;/m0./s1. The van der Waals surface area contributed by atoms with Crippen molar-refractivity contribution in [3.63, 3.8) is 0 Å². The molecule has 2 amide bonds. The third kappa shape index (κ3) is 9.30. The summed E-state index contributed by atoms with van der Waals surface area (Å²) in [5.74, 6) is 0.0545. The zero-order valence-electron chi connectivity index (χ0n) is 30.3. The summed E-state index contributed by atoms with van der Waals surface area (Å²) < 4.78 is 23.2. The third-order valence-electron chi connectivity index (χ3n) is 9.41. The van der Waals surface area contributed by atoms with Gasteiger partial charge in [0.1, 0.15) is 23.4 Å². The Morgan fingerprint density at radius 3 is 2.39 bits per heavy atom. The molecule has 1 aliphatic carbocycles. The van der Waals surface area contributed by atoms with Gasteiger partial charge in [0.2, 0.25) is 0 Å². The molecule has 1 atom stereocenters. The predicted octanol–water partition coefficient (Wildman–Crippen LogP) is 0.497. The molecule has 1 aliphatic rings. The fourth-order valence-corrected chi connectivity index (χ4v) is 6.69. The average Bonchev–Trinajstić information content (AvgIpc) is 3.78. The molecular weight excluding hydrogens is 716 g/mol. The van der Waals surface area contributed by atoms with E-state index in [1.54, 1.807) is 30.5 Å². The van der Waals surface area contributed by atoms with Crippen molar-refractivity contribution in [3.8, 4) is 22.9 Å². The Hall–Kier alpha value is -5.60. The zero-order chi connectivity index (χ0) is 37.3. The van der Waals surface area contributed by atoms with Crippen molar-refractivity contribution < 1.29 is 56.3 Å². The van der Waals surface area contributed by atoms with Crippen molar-refractivity contribution in [3.05, 3.63) is 78.0 Å². The minimum Gasteiger partial charge on any atom is -1.00 e. The van der Waals surface area contributed by atoms with Crippen molar-refractivity contribution >= 4 is 45.7 Å². The van der Waals surface area contributed by atoms with E-state index in [2.05, 4.69) is 30.7 Å². The molecule has 0 unspecified atom stereocenters. The maximum Gasteiger partial charge on any atom is 0.343 e. The second-order valence-corrected chi connectivity index (χ2v) is 13.0. The van der Waals surface area contributed by atoms with Gasteiger partial charge in [0.05, 0.1) is 38.3 Å². The summed E-state index contributed by atoms with van der Waals surface area (Å²) in [6.07, 6.45) is 7.41. The number of halogens is 1. The number of hydrogen-bond acceptors (Lipinski definition) is 9. The van der Waals surface area contributed by atoms with Crippen LogP contribution in [0.25, 0.3) is 33.3 Å². The highest BCUT2D eigenvalue weighted by Gasteiger charge is 2.26. The van der Waals surface area contributed by atoms with Crippen molar-refractivity contribution in [2.45, 2.75) is 50.6 Å². The number of methoxy groups -OCH3 is 2. The summed E-state index contributed by atoms with van der Waals surface area (Å²) in [4.78, 5) is 58.5. The summed E-state index contributed by atoms with van der Waals surface area (Å²) in [5.41, 5.74) is 8.08. The molecule has 6 N–H and O–H groups in total. The number of benzene rings is 3. The van der Waals surface area contributed by atoms with E-state index < -0.39 is 23.9 Å². The van der Waals surface area contributed by atoms with Crippen molar-refractivity contribution in [1.29, 1.82) is 0 Å². The molecule has 286 valence electrons. The first-order valence-corrected chi connectivity index (χ1v) is 17.8. The molecule has 15 heteroatoms. The van der Waals surface area contributed by atoms with Crippen LogP contribution in [0.15, 0.2) is 66.9 Å². The molecule has 2 aromatic heterocycles. The van der Waals surface area contributed by atoms with Crippen LogP contribution in [0.3, 0.4) is 0 Å². The Balaban J connectivity index is 0.00000561. The van der Waals surface area contributed by atoms with Crippen LogP contribution in [0.2, 0.25) is 0 Å². The fraction of sp³-hybridized carbons (Fsp3) is 0.359. The molecule has 0 aliphatic heterocycles. The zero-order valence-corrected chi connectivity index (χ0v) is 31.1. The van der Waals surface area contributed by atoms with Gasteiger partial charge >= 0.3 is 11.9 Å². The maximum absolute atomic E-state index is 13.7. The lowest BCUT2D eigenvalue weighted by Gasteiger charge is -2.25. The van der Waals surface area contributed by atoms with E-state index in [4.69, 9.17) is 19.2 Å². The molecule has 0 spiro atoms. The summed E-state index contributed by atoms with van der Waals surface area (Å²) in [5, 5.41) is 6.39. The van der Waals surface area contributed by atoms with E-state index >= 15 is 0 Å². The highest BCUT2D eigenvalue weighted by atomic mass is 35.5. The number of imidazole rings is 1. The monoisotopic (exact) mass is 760 g/mol. The van der Waals surface area contributed by atoms with Gasteiger partial charge in [-0.15, -0.1) is 0 Å². The fourth-order valence-electron chi connectivity index (χ4n) is 6.69. The van der Waals surface area contributed by atoms with Gasteiger partial charge in [0, 0.05) is 40.7 Å². The molecule has 54 heavy (non-hydrogen) atoms. The number of rotatable bonds is 15. The number of nitrogens with one attached hydrogen (secondary N) is 3. The van der Waals surface area contributed by atoms with Gasteiger partial charge in [-0.2, -0.15) is 0 Å². The van der Waals surface area contributed by atoms with Gasteiger partial charge in [-0.3, -0.25) is 9.59 Å². The molecule has 14 nitrogen and oxygen atoms in total. The molecule has 0 saturated heterocycles. The Bertz CT molecular complexity index is 2090. The van der Waals surface area contributed by atoms with Crippen molar-refractivity contribution in [2.24, 2.45) is 0 Å². The number of fused-ring (bicyclic) bond motifs is 2. The molecule has 3 aromatic carbocycles. The van der Waals surface area contributed by atoms with E-state index in [9.17, 15) is 19.2 Å². The molecule has 1 fully saturated rings. The van der Waals surface area contributed by atoms with E-state index in [-0.39, 0.29) is 44.0 Å². The number of amides is 2. The summed E-state index contributed by atoms with van der Waals surface area (Å²) in [7, 11) is 2.57. The lowest BCUT2D eigenvalue weighted by Crippen LogP contribution is -3.00. The summed E-state index contributed by atoms with van der Waals surface area (Å²) in [6.45, 7) is 0.775. The lowest BCUT2D eigenvalue weighted by molar-refractivity contribution is -0.364. The number of quaternary nitrogens is 1. The smallest absolute Gasteiger partial charge is 0.343 e. The topological polar surface area (TPSA) is 191 Å². The number of aromatic amines is 1. The number of nitrogens with zero attached hydrogens (tertiary/aromatic N) is 2. The first-order chi connectivity index (χ1) is 25.8. The number of hydrogen-bond donors (Lipinski definition) is 4. The lowest BCUT2D eigenvalue weighted by atomic mass is 9.94. The van der Waals surface area contributed by atoms with Gasteiger partial charge in [-0.1, -0.05) is 19.3 Å². The second-order valence-electron chi connectivity index (χ2n) is 13.0. The van der Waals surface area contributed by atoms with E-state index in [1.165, 1.54) is 20.6 Å². The SMILES string of the molecule is COC(=O)COc1ccc2[nH]cc(C[C@H](NC(=O)c3ccc4c(c3)nc(-c3ccc(OCC(=O)NCC[NH3+])cc3)n4C3CCCCC3)C(=O)OC)c2c1.[Cl-]. The number of aromatic nitrogens is 3. The number of carbonyl (C=O) groups is 4. The largest absolute Gasteiger partial charge is 1.00 e. The Kier molecular flexibility index (Phi) is 13.5. The molecule has 5 aromatic rings. The minimum absolute atomic E-state index is 0. The molecule has 1 saturated carbocycles. The van der Waals surface area contributed by atoms with E-state index in [1.807, 2.05) is 36.4 Å². The van der Waals surface area contributed by atoms with Crippen LogP contribution >= 0.6 is 0 Å². The van der Waals surface area contributed by atoms with Crippen molar-refractivity contribution in [1.82, 2.24) is 25.2 Å². The van der Waals surface area contributed by atoms with Crippen LogP contribution in [0.5, 0.6) is 11.5 Å². The van der Waals surface area contributed by atoms with Gasteiger partial charge in [0.25, 0.3) is 11.8 Å². The van der Waals surface area contributed by atoms with Crippen LogP contribution in [-0.4, -0.2) is 84.9 Å². The number of ether oxygens (including phenoxy) is 4. The first-order valence-electron chi connectivity index (χ1n) is 17.8. The molecule has 2 heterocycles. The third-order valence-corrected chi connectivity index (χ3v) is 9.41. The van der Waals surface area contributed by atoms with E-state index in [0.29, 0.717) is 35.7 Å². The van der Waals surface area contributed by atoms with E-state index in [0.717, 1.165) is 59.1 Å². The Morgan fingerprint density at radius 1 is 0.926 bits per heavy atom. The normalized spacial score (nSPS) is 13.5. The van der Waals surface area contributed by atoms with Crippen LogP contribution < -0.4 is 38.2 Å². The number of H-pyrrole nitrogens is 1. The van der Waals surface area contributed by atoms with Crippen LogP contribution in [0.4, 0.5) is 0 Å². The highest BCUT2D eigenvalue weighted by Crippen LogP contribution is 2.36. The van der Waals surface area contributed by atoms with Gasteiger partial charge in [-0.25, -0.2) is 14.6 Å². The van der Waals surface area contributed by atoms with Crippen LogP contribution in [0.1, 0.15) is 54.1 Å². The summed E-state index contributed by atoms with van der Waals surface area (Å²) in [6, 6.07) is 17.5. The molecular formula is C39H45ClN6O8. The highest BCUT2D eigenvalue weighted by molar-refractivity contribution is 6.00. The number of esters is 2. The van der Waals surface area contributed by atoms with Crippen molar-refractivity contribution in [2.75, 3.05) is 40.5 Å². The number of carbonyl (C=O) groups excluding carboxylic acids is 4. The first kappa shape index (κ1) is 39.6. The molecule has 6 rings (SSSR count). The van der Waals surface area contributed by atoms with Gasteiger partial charge < -0.3 is 57.3 Å². The molecule has 0 bridgehead atoms. The average molecular weight is 761 g/mol. The summed E-state index contributed by atoms with van der Waals surface area (Å²) >= 11 is 0. The quantitative estimate of drug-likeness (QED) is 0.110.